The van der Waals surface area contributed by atoms with Gasteiger partial charge >= 0.3 is 0 Å². The molecule has 0 saturated heterocycles. The lowest BCUT2D eigenvalue weighted by atomic mass is 9.33. The van der Waals surface area contributed by atoms with Crippen molar-refractivity contribution in [1.29, 1.82) is 5.26 Å². The van der Waals surface area contributed by atoms with Crippen LogP contribution >= 0.6 is 11.3 Å². The molecule has 3 aliphatic rings. The maximum absolute atomic E-state index is 11.7. The fraction of sp³-hybridized carbons (Fsp3) is 0.225. The van der Waals surface area contributed by atoms with Crippen LogP contribution in [0.1, 0.15) is 147 Å². The zero-order chi connectivity index (χ0) is 76.5. The van der Waals surface area contributed by atoms with E-state index in [-0.39, 0.29) is 127 Å². The van der Waals surface area contributed by atoms with Crippen molar-refractivity contribution < 1.29 is 35.6 Å². The largest absolute Gasteiger partial charge is 0.310 e. The third-order valence-corrected chi connectivity index (χ3v) is 16.2. The van der Waals surface area contributed by atoms with Crippen LogP contribution in [0.15, 0.2) is 157 Å². The molecule has 0 unspecified atom stereocenters. The van der Waals surface area contributed by atoms with Crippen LogP contribution < -0.4 is 26.2 Å². The monoisotopic (exact) mass is 1050 g/mol. The van der Waals surface area contributed by atoms with E-state index in [1.807, 2.05) is 6.07 Å². The molecule has 0 N–H and O–H groups in total. The lowest BCUT2D eigenvalue weighted by Crippen LogP contribution is -2.61. The van der Waals surface area contributed by atoms with Gasteiger partial charge in [-0.05, 0) is 151 Å². The molecule has 0 aliphatic carbocycles. The molecular weight excluding hydrogens is 966 g/mol. The number of rotatable bonds is 2. The number of nitrogens with zero attached hydrogens (tertiary/aromatic N) is 5. The fourth-order valence-electron chi connectivity index (χ4n) is 11.2. The van der Waals surface area contributed by atoms with Crippen LogP contribution in [0.5, 0.6) is 0 Å². The van der Waals surface area contributed by atoms with Crippen molar-refractivity contribution >= 4 is 132 Å². The summed E-state index contributed by atoms with van der Waals surface area (Å²) in [4.78, 5) is 2.32. The molecule has 3 aromatic heterocycles. The van der Waals surface area contributed by atoms with E-state index in [1.165, 1.54) is 9.47 Å². The van der Waals surface area contributed by atoms with Gasteiger partial charge in [0.05, 0.1) is 96.8 Å². The number of nitriles is 1. The van der Waals surface area contributed by atoms with Gasteiger partial charge in [-0.2, -0.15) is 5.26 Å². The molecule has 0 fully saturated rings. The number of anilines is 6. The number of hydrogen-bond acceptors (Lipinski definition) is 4. The molecule has 0 spiro atoms. The summed E-state index contributed by atoms with van der Waals surface area (Å²) in [6.45, 7) is 18.7. The zero-order valence-electron chi connectivity index (χ0n) is 70.7. The second kappa shape index (κ2) is 15.6. The third-order valence-electron chi connectivity index (χ3n) is 15.1. The predicted molar refractivity (Wildman–Crippen MR) is 335 cm³/mol. The average Bonchev–Trinajstić information content (AvgIpc) is 1.19. The fourth-order valence-corrected chi connectivity index (χ4v) is 12.2. The predicted octanol–water partition coefficient (Wildman–Crippen LogP) is 17.7. The van der Waals surface area contributed by atoms with E-state index in [0.717, 1.165) is 9.47 Å². The van der Waals surface area contributed by atoms with E-state index >= 15 is 0 Å². The van der Waals surface area contributed by atoms with Gasteiger partial charge in [-0.15, -0.1) is 11.3 Å². The number of hydrogen-bond donors (Lipinski definition) is 0. The number of para-hydroxylation sites is 1. The summed E-state index contributed by atoms with van der Waals surface area (Å²) in [6.07, 6.45) is 0. The maximum atomic E-state index is 11.7. The topological polar surface area (TPSA) is 40.1 Å². The number of aromatic nitrogens is 2. The Morgan fingerprint density at radius 3 is 1.62 bits per heavy atom. The molecule has 0 amide bonds. The standard InChI is InChI=1S/C71H62BN5S/c1-68(2,3)41-23-28-54-48(33-41)49-34-42(69(4,5)6)24-29-55(49)74(54)45-26-27-52-59(38-45)75(58-21-15-18-47-46-17-13-14-22-63(46)78-67(47)58)60-31-40(39-73)32-61-64(60)72(52)53-19-16-20-57-66(53)77(61)62-37-44(71(10,11)12)36-51-50-35-43(70(7,8)9)25-30-56(50)76(57)65(51)62/h13-38H,1-12H3/i13D,14D,15D,16D,17D,18D,19D,20D,21D,22D,23D,24D,25D,26D,27D,28D,29D,30D,31D,32D,33D,34D,35D,36D,37D,38D. The summed E-state index contributed by atoms with van der Waals surface area (Å²) in [5.74, 6) is 0. The van der Waals surface area contributed by atoms with Crippen LogP contribution in [0.25, 0.3) is 75.2 Å². The van der Waals surface area contributed by atoms with E-state index in [1.54, 1.807) is 83.1 Å². The lowest BCUT2D eigenvalue weighted by Gasteiger charge is -2.46. The van der Waals surface area contributed by atoms with Crippen molar-refractivity contribution in [3.8, 4) is 17.4 Å². The first-order chi connectivity index (χ1) is 48.1. The second-order valence-corrected chi connectivity index (χ2v) is 25.5. The molecule has 12 aromatic rings. The van der Waals surface area contributed by atoms with Crippen molar-refractivity contribution in [2.24, 2.45) is 0 Å². The van der Waals surface area contributed by atoms with Crippen LogP contribution in [0.3, 0.4) is 0 Å². The first-order valence-corrected chi connectivity index (χ1v) is 26.5. The van der Waals surface area contributed by atoms with Crippen molar-refractivity contribution in [2.75, 3.05) is 9.80 Å². The van der Waals surface area contributed by atoms with Crippen LogP contribution in [-0.4, -0.2) is 15.8 Å². The van der Waals surface area contributed by atoms with Crippen LogP contribution in [-0.2, 0) is 21.7 Å². The summed E-state index contributed by atoms with van der Waals surface area (Å²) in [7, 11) is 0. The molecule has 0 atom stereocenters. The molecule has 9 aromatic carbocycles. The SMILES string of the molecule is [2H]c1c([2H])c2c3c(c1[2H])-n1c4c([2H])c([2H])c(C(C)(C)C)c([2H])c4c4c([2H])c(C(C)(C)C)c([2H])c(c41)N3c1c([2H])c(C#N)c([2H])c3c1B2c1c([2H])c([2H])c(-n2c4c([2H])c([2H])c(C(C)(C)C)c([2H])c4c4c([2H])c(C(C)(C)C)c([2H])c([2H])c42)c([2H])c1N3c1c([2H])c([2H])c([2H])c2c1sc1c([2H])c([2H])c([2H])c([2H])c12. The third kappa shape index (κ3) is 6.47. The highest BCUT2D eigenvalue weighted by Crippen LogP contribution is 2.55. The number of benzene rings is 9. The van der Waals surface area contributed by atoms with E-state index in [4.69, 9.17) is 2.74 Å². The summed E-state index contributed by atoms with van der Waals surface area (Å²) in [5.41, 5.74) is -11.1. The Morgan fingerprint density at radius 1 is 0.436 bits per heavy atom. The summed E-state index contributed by atoms with van der Waals surface area (Å²) < 4.78 is 262. The minimum absolute atomic E-state index is 0.0339. The molecular formula is C71H62BN5S. The Kier molecular flexibility index (Phi) is 5.50. The quantitative estimate of drug-likeness (QED) is 0.162. The van der Waals surface area contributed by atoms with Gasteiger partial charge < -0.3 is 18.9 Å². The van der Waals surface area contributed by atoms with Gasteiger partial charge in [0, 0.05) is 59.8 Å². The normalized spacial score (nSPS) is 18.7. The van der Waals surface area contributed by atoms with E-state index < -0.39 is 212 Å². The Bertz CT molecular complexity index is 6180. The number of fused-ring (bicyclic) bond motifs is 15. The Balaban J connectivity index is 1.25. The molecule has 5 nitrogen and oxygen atoms in total. The zero-order valence-corrected chi connectivity index (χ0v) is 45.5. The van der Waals surface area contributed by atoms with Crippen molar-refractivity contribution in [3.05, 3.63) is 185 Å². The molecule has 7 heteroatoms. The molecule has 6 heterocycles. The Hall–Kier alpha value is -8.05. The highest BCUT2D eigenvalue weighted by atomic mass is 32.1. The highest BCUT2D eigenvalue weighted by molar-refractivity contribution is 7.26. The second-order valence-electron chi connectivity index (χ2n) is 24.4. The molecule has 78 heavy (non-hydrogen) atoms. The first-order valence-electron chi connectivity index (χ1n) is 38.7. The van der Waals surface area contributed by atoms with Gasteiger partial charge in [0.15, 0.2) is 0 Å². The highest BCUT2D eigenvalue weighted by Gasteiger charge is 2.47. The van der Waals surface area contributed by atoms with Crippen LogP contribution in [0, 0.1) is 11.3 Å². The van der Waals surface area contributed by atoms with E-state index in [0.29, 0.717) is 11.3 Å². The van der Waals surface area contributed by atoms with Crippen molar-refractivity contribution in [3.63, 3.8) is 0 Å². The summed E-state index contributed by atoms with van der Waals surface area (Å²) in [5, 5.41) is 10.6. The number of thiophene rings is 1. The lowest BCUT2D eigenvalue weighted by molar-refractivity contribution is 0.590. The van der Waals surface area contributed by atoms with Gasteiger partial charge in [0.25, 0.3) is 6.71 Å². The Labute approximate surface area is 498 Å². The average molecular weight is 1050 g/mol. The summed E-state index contributed by atoms with van der Waals surface area (Å²) in [6, 6.07) is -15.0. The summed E-state index contributed by atoms with van der Waals surface area (Å²) >= 11 is 0.628. The Morgan fingerprint density at radius 2 is 0.987 bits per heavy atom. The minimum atomic E-state index is -1.97. The van der Waals surface area contributed by atoms with Crippen LogP contribution in [0.4, 0.5) is 34.1 Å². The van der Waals surface area contributed by atoms with Crippen molar-refractivity contribution in [2.45, 2.75) is 105 Å². The van der Waals surface area contributed by atoms with Crippen LogP contribution in [0.2, 0.25) is 0 Å². The molecule has 15 rings (SSSR count). The van der Waals surface area contributed by atoms with Crippen molar-refractivity contribution in [1.82, 2.24) is 9.13 Å². The van der Waals surface area contributed by atoms with E-state index in [9.17, 15) is 38.2 Å². The molecule has 0 saturated carbocycles. The van der Waals surface area contributed by atoms with Gasteiger partial charge in [0.1, 0.15) is 0 Å². The minimum Gasteiger partial charge on any atom is -0.310 e. The maximum Gasteiger partial charge on any atom is 0.252 e. The smallest absolute Gasteiger partial charge is 0.252 e. The van der Waals surface area contributed by atoms with E-state index in [2.05, 4.69) is 0 Å². The van der Waals surface area contributed by atoms with Gasteiger partial charge in [-0.25, -0.2) is 0 Å². The van der Waals surface area contributed by atoms with Gasteiger partial charge in [-0.3, -0.25) is 0 Å². The molecule has 0 bridgehead atoms. The first kappa shape index (κ1) is 27.5. The van der Waals surface area contributed by atoms with Gasteiger partial charge in [0.2, 0.25) is 0 Å². The molecule has 3 aliphatic heterocycles. The molecule has 0 radical (unpaired) electrons. The van der Waals surface area contributed by atoms with Gasteiger partial charge in [-0.1, -0.05) is 150 Å². The molecule has 380 valence electrons.